The minimum absolute atomic E-state index is 0.0363. The summed E-state index contributed by atoms with van der Waals surface area (Å²) in [6.07, 6.45) is 1.45. The Kier molecular flexibility index (Phi) is 2.37. The monoisotopic (exact) mass is 296 g/mol. The van der Waals surface area contributed by atoms with E-state index in [9.17, 15) is 20.2 Å². The maximum atomic E-state index is 13.2. The van der Waals surface area contributed by atoms with Gasteiger partial charge in [0, 0.05) is 40.3 Å². The molecule has 2 aliphatic heterocycles. The Bertz CT molecular complexity index is 890. The Morgan fingerprint density at radius 2 is 1.95 bits per heavy atom. The number of para-hydroxylation sites is 2. The van der Waals surface area contributed by atoms with Gasteiger partial charge in [0.25, 0.3) is 5.69 Å². The molecule has 0 bridgehead atoms. The molecule has 0 spiro atoms. The molecular formula is C15H10N3O4+. The van der Waals surface area contributed by atoms with E-state index in [1.807, 2.05) is 0 Å². The molecule has 1 atom stereocenters. The highest BCUT2D eigenvalue weighted by Crippen LogP contribution is 2.49. The SMILES string of the molecule is O=[N+]([O-])c1ccc2c(c1)C=C1[N+](=O)c3ccccc3[N+]1([O-])C2. The Morgan fingerprint density at radius 3 is 2.73 bits per heavy atom. The summed E-state index contributed by atoms with van der Waals surface area (Å²) in [5, 5.41) is 24.1. The summed E-state index contributed by atoms with van der Waals surface area (Å²) in [4.78, 5) is 22.7. The van der Waals surface area contributed by atoms with Gasteiger partial charge in [0.2, 0.25) is 5.69 Å². The fourth-order valence-corrected chi connectivity index (χ4v) is 3.02. The number of hydrogen-bond acceptors (Lipinski definition) is 4. The molecule has 22 heavy (non-hydrogen) atoms. The van der Waals surface area contributed by atoms with Crippen LogP contribution < -0.4 is 4.65 Å². The highest BCUT2D eigenvalue weighted by Gasteiger charge is 2.54. The van der Waals surface area contributed by atoms with Gasteiger partial charge < -0.3 is 5.21 Å². The van der Waals surface area contributed by atoms with Crippen molar-refractivity contribution in [1.29, 1.82) is 0 Å². The predicted octanol–water partition coefficient (Wildman–Crippen LogP) is 3.34. The first-order valence-electron chi connectivity index (χ1n) is 6.66. The first-order valence-corrected chi connectivity index (χ1v) is 6.66. The molecule has 2 heterocycles. The molecule has 0 fully saturated rings. The Balaban J connectivity index is 1.94. The summed E-state index contributed by atoms with van der Waals surface area (Å²) in [5.74, 6) is 0.0363. The standard InChI is InChI=1S/C15H10N3O4/c19-16-13-3-1-2-4-14(13)18(22)9-10-5-6-12(17(20)21)7-11(10)8-15(16)18/h1-8H,9H2/q+1. The number of nitroso groups, excluding NO2 is 1. The molecule has 0 aliphatic carbocycles. The van der Waals surface area contributed by atoms with Crippen LogP contribution in [0.5, 0.6) is 0 Å². The molecule has 0 amide bonds. The molecule has 0 radical (unpaired) electrons. The molecule has 0 saturated carbocycles. The minimum Gasteiger partial charge on any atom is -0.617 e. The Hall–Kier alpha value is -2.90. The van der Waals surface area contributed by atoms with Crippen molar-refractivity contribution in [2.75, 3.05) is 0 Å². The van der Waals surface area contributed by atoms with Crippen molar-refractivity contribution in [3.8, 4) is 0 Å². The second kappa shape index (κ2) is 4.06. The molecule has 2 aromatic carbocycles. The molecule has 1 unspecified atom stereocenters. The molecule has 2 aliphatic rings. The third kappa shape index (κ3) is 1.51. The van der Waals surface area contributed by atoms with Gasteiger partial charge in [0.15, 0.2) is 0 Å². The van der Waals surface area contributed by atoms with Crippen molar-refractivity contribution in [3.05, 3.63) is 79.6 Å². The molecule has 108 valence electrons. The number of hydrogen-bond donors (Lipinski definition) is 0. The number of hydroxylamine groups is 2. The van der Waals surface area contributed by atoms with E-state index in [0.717, 1.165) is 0 Å². The van der Waals surface area contributed by atoms with Gasteiger partial charge in [-0.05, 0) is 6.07 Å². The first-order chi connectivity index (χ1) is 10.5. The zero-order valence-electron chi connectivity index (χ0n) is 11.3. The maximum Gasteiger partial charge on any atom is 0.429 e. The number of nitrogens with zero attached hydrogens (tertiary/aromatic N) is 3. The quantitative estimate of drug-likeness (QED) is 0.265. The average molecular weight is 296 g/mol. The summed E-state index contributed by atoms with van der Waals surface area (Å²) in [5.41, 5.74) is 1.89. The summed E-state index contributed by atoms with van der Waals surface area (Å²) >= 11 is 0. The maximum absolute atomic E-state index is 13.2. The van der Waals surface area contributed by atoms with Crippen LogP contribution in [-0.4, -0.2) is 9.68 Å². The molecule has 4 rings (SSSR count). The lowest BCUT2D eigenvalue weighted by atomic mass is 10.0. The average Bonchev–Trinajstić information content (AvgIpc) is 2.73. The van der Waals surface area contributed by atoms with Crippen molar-refractivity contribution >= 4 is 23.1 Å². The van der Waals surface area contributed by atoms with E-state index >= 15 is 0 Å². The Morgan fingerprint density at radius 1 is 1.18 bits per heavy atom. The summed E-state index contributed by atoms with van der Waals surface area (Å²) in [6, 6.07) is 11.0. The number of rotatable bonds is 1. The van der Waals surface area contributed by atoms with Crippen LogP contribution in [0.15, 0.2) is 48.3 Å². The van der Waals surface area contributed by atoms with Gasteiger partial charge in [-0.25, -0.2) is 4.65 Å². The van der Waals surface area contributed by atoms with Gasteiger partial charge in [-0.2, -0.15) is 0 Å². The third-order valence-corrected chi connectivity index (χ3v) is 4.09. The fraction of sp³-hybridized carbons (Fsp3) is 0.0667. The van der Waals surface area contributed by atoms with Gasteiger partial charge in [-0.1, -0.05) is 12.1 Å². The largest absolute Gasteiger partial charge is 0.617 e. The number of fused-ring (bicyclic) bond motifs is 4. The van der Waals surface area contributed by atoms with Gasteiger partial charge in [0.05, 0.1) is 11.0 Å². The lowest BCUT2D eigenvalue weighted by Crippen LogP contribution is -2.41. The molecule has 0 N–H and O–H groups in total. The van der Waals surface area contributed by atoms with Crippen LogP contribution in [0.4, 0.5) is 17.1 Å². The highest BCUT2D eigenvalue weighted by atomic mass is 16.6. The topological polar surface area (TPSA) is 86.3 Å². The zero-order valence-corrected chi connectivity index (χ0v) is 11.3. The van der Waals surface area contributed by atoms with E-state index in [0.29, 0.717) is 27.3 Å². The number of quaternary nitrogens is 1. The lowest BCUT2D eigenvalue weighted by Gasteiger charge is -2.35. The summed E-state index contributed by atoms with van der Waals surface area (Å²) in [7, 11) is 0. The fourth-order valence-electron chi connectivity index (χ4n) is 3.02. The Labute approximate surface area is 124 Å². The number of non-ortho nitro benzene ring substituents is 1. The summed E-state index contributed by atoms with van der Waals surface area (Å²) in [6.45, 7) is 0.0505. The van der Waals surface area contributed by atoms with E-state index in [1.165, 1.54) is 18.2 Å². The molecule has 7 heteroatoms. The van der Waals surface area contributed by atoms with Crippen LogP contribution in [-0.2, 0) is 6.54 Å². The number of benzene rings is 2. The lowest BCUT2D eigenvalue weighted by molar-refractivity contribution is -0.410. The van der Waals surface area contributed by atoms with Crippen LogP contribution in [0.25, 0.3) is 6.08 Å². The second-order valence-corrected chi connectivity index (χ2v) is 5.32. The van der Waals surface area contributed by atoms with E-state index in [1.54, 1.807) is 30.3 Å². The number of nitro groups is 1. The van der Waals surface area contributed by atoms with Crippen molar-refractivity contribution in [2.24, 2.45) is 0 Å². The summed E-state index contributed by atoms with van der Waals surface area (Å²) < 4.78 is -0.241. The molecule has 2 aromatic rings. The first kappa shape index (κ1) is 12.8. The molecule has 0 aromatic heterocycles. The van der Waals surface area contributed by atoms with Crippen LogP contribution in [0.3, 0.4) is 0 Å². The van der Waals surface area contributed by atoms with Crippen molar-refractivity contribution < 1.29 is 9.68 Å². The molecule has 0 saturated heterocycles. The third-order valence-electron chi connectivity index (χ3n) is 4.09. The van der Waals surface area contributed by atoms with Crippen molar-refractivity contribution in [1.82, 2.24) is 4.65 Å². The van der Waals surface area contributed by atoms with Crippen molar-refractivity contribution in [3.63, 3.8) is 0 Å². The van der Waals surface area contributed by atoms with Gasteiger partial charge in [-0.15, -0.1) is 0 Å². The van der Waals surface area contributed by atoms with E-state index < -0.39 is 9.57 Å². The van der Waals surface area contributed by atoms with Crippen molar-refractivity contribution in [2.45, 2.75) is 6.54 Å². The normalized spacial score (nSPS) is 21.7. The van der Waals surface area contributed by atoms with Gasteiger partial charge in [0.1, 0.15) is 11.3 Å². The smallest absolute Gasteiger partial charge is 0.429 e. The molecular weight excluding hydrogens is 286 g/mol. The van der Waals surface area contributed by atoms with Crippen LogP contribution in [0.2, 0.25) is 0 Å². The second-order valence-electron chi connectivity index (χ2n) is 5.32. The highest BCUT2D eigenvalue weighted by molar-refractivity contribution is 5.74. The minimum atomic E-state index is -0.857. The van der Waals surface area contributed by atoms with E-state index in [2.05, 4.69) is 0 Å². The van der Waals surface area contributed by atoms with Gasteiger partial charge >= 0.3 is 11.5 Å². The number of nitro benzene ring substituents is 1. The molecule has 7 nitrogen and oxygen atoms in total. The van der Waals surface area contributed by atoms with Crippen LogP contribution in [0, 0.1) is 20.2 Å². The predicted molar refractivity (Wildman–Crippen MR) is 79.7 cm³/mol. The van der Waals surface area contributed by atoms with Crippen LogP contribution in [0.1, 0.15) is 11.1 Å². The van der Waals surface area contributed by atoms with E-state index in [4.69, 9.17) is 0 Å². The van der Waals surface area contributed by atoms with Crippen LogP contribution >= 0.6 is 0 Å². The zero-order chi connectivity index (χ0) is 15.5. The van der Waals surface area contributed by atoms with Gasteiger partial charge in [-0.3, -0.25) is 10.1 Å². The van der Waals surface area contributed by atoms with E-state index in [-0.39, 0.29) is 18.1 Å².